The highest BCUT2D eigenvalue weighted by Crippen LogP contribution is 2.28. The number of Topliss-reactive ketones (excluding diaryl/α,β-unsaturated/α-hetero) is 1. The number of ketones is 1. The van der Waals surface area contributed by atoms with Crippen LogP contribution in [0, 0.1) is 5.92 Å². The molecule has 1 fully saturated rings. The zero-order chi connectivity index (χ0) is 22.2. The first-order chi connectivity index (χ1) is 14.7. The Morgan fingerprint density at radius 3 is 2.68 bits per heavy atom. The Morgan fingerprint density at radius 1 is 1.19 bits per heavy atom. The second-order valence-electron chi connectivity index (χ2n) is 8.13. The first-order valence-corrected chi connectivity index (χ1v) is 11.8. The van der Waals surface area contributed by atoms with E-state index in [-0.39, 0.29) is 35.2 Å². The maximum absolute atomic E-state index is 13.3. The molecule has 162 valence electrons. The standard InChI is InChI=1S/C22H23BO7S/c1-14(24)8-15-3-5-21(19(9-15)11-17-6-7-29-22(17)25)31(27,28)13-16-2-4-18-12-30-23(26)20(18)10-16/h2-5,9-10,17,26H,6-8,11-13H2,1H3. The van der Waals surface area contributed by atoms with Crippen molar-refractivity contribution in [2.45, 2.75) is 43.4 Å². The third-order valence-electron chi connectivity index (χ3n) is 5.65. The average molecular weight is 442 g/mol. The van der Waals surface area contributed by atoms with Gasteiger partial charge in [0.15, 0.2) is 9.84 Å². The molecule has 0 aliphatic carbocycles. The summed E-state index contributed by atoms with van der Waals surface area (Å²) in [7, 11) is -4.79. The van der Waals surface area contributed by atoms with Gasteiger partial charge < -0.3 is 14.4 Å². The van der Waals surface area contributed by atoms with E-state index >= 15 is 0 Å². The largest absolute Gasteiger partial charge is 0.491 e. The zero-order valence-electron chi connectivity index (χ0n) is 17.2. The number of hydrogen-bond donors (Lipinski definition) is 1. The van der Waals surface area contributed by atoms with Gasteiger partial charge in [0.2, 0.25) is 0 Å². The molecule has 0 aromatic heterocycles. The Hall–Kier alpha value is -2.49. The summed E-state index contributed by atoms with van der Waals surface area (Å²) >= 11 is 0. The van der Waals surface area contributed by atoms with Crippen LogP contribution in [0.15, 0.2) is 41.3 Å². The SMILES string of the molecule is CC(=O)Cc1ccc(S(=O)(=O)Cc2ccc3c(c2)B(O)OC3)c(CC2CCOC2=O)c1. The molecule has 4 rings (SSSR count). The number of ether oxygens (including phenoxy) is 1. The van der Waals surface area contributed by atoms with Crippen LogP contribution < -0.4 is 5.46 Å². The van der Waals surface area contributed by atoms with Gasteiger partial charge in [0.05, 0.1) is 29.8 Å². The van der Waals surface area contributed by atoms with Gasteiger partial charge in [0.1, 0.15) is 5.78 Å². The highest BCUT2D eigenvalue weighted by molar-refractivity contribution is 7.90. The maximum Gasteiger partial charge on any atom is 0.491 e. The normalized spacial score (nSPS) is 18.2. The molecular formula is C22H23BO7S. The lowest BCUT2D eigenvalue weighted by Crippen LogP contribution is -2.28. The number of esters is 1. The van der Waals surface area contributed by atoms with Crippen molar-refractivity contribution >= 4 is 34.2 Å². The van der Waals surface area contributed by atoms with Crippen LogP contribution in [0.4, 0.5) is 0 Å². The van der Waals surface area contributed by atoms with E-state index < -0.39 is 22.9 Å². The Kier molecular flexibility index (Phi) is 6.01. The number of sulfone groups is 1. The van der Waals surface area contributed by atoms with Crippen molar-refractivity contribution in [2.75, 3.05) is 6.61 Å². The monoisotopic (exact) mass is 442 g/mol. The summed E-state index contributed by atoms with van der Waals surface area (Å²) in [6.45, 7) is 2.10. The fourth-order valence-corrected chi connectivity index (χ4v) is 5.72. The lowest BCUT2D eigenvalue weighted by molar-refractivity contribution is -0.141. The minimum absolute atomic E-state index is 0.0271. The predicted octanol–water partition coefficient (Wildman–Crippen LogP) is 1.12. The van der Waals surface area contributed by atoms with Crippen molar-refractivity contribution in [3.63, 3.8) is 0 Å². The van der Waals surface area contributed by atoms with Crippen LogP contribution in [0.1, 0.15) is 35.6 Å². The minimum Gasteiger partial charge on any atom is -0.465 e. The average Bonchev–Trinajstić information content (AvgIpc) is 3.27. The minimum atomic E-state index is -3.74. The van der Waals surface area contributed by atoms with Gasteiger partial charge in [-0.05, 0) is 53.5 Å². The first kappa shape index (κ1) is 21.7. The Bertz CT molecular complexity index is 1140. The topological polar surface area (TPSA) is 107 Å². The van der Waals surface area contributed by atoms with Gasteiger partial charge >= 0.3 is 13.1 Å². The van der Waals surface area contributed by atoms with E-state index in [1.54, 1.807) is 30.3 Å². The molecule has 31 heavy (non-hydrogen) atoms. The van der Waals surface area contributed by atoms with Gasteiger partial charge in [-0.25, -0.2) is 8.42 Å². The highest BCUT2D eigenvalue weighted by atomic mass is 32.2. The third-order valence-corrected chi connectivity index (χ3v) is 7.43. The Labute approximate surface area is 181 Å². The van der Waals surface area contributed by atoms with Crippen LogP contribution >= 0.6 is 0 Å². The molecule has 1 atom stereocenters. The van der Waals surface area contributed by atoms with E-state index in [9.17, 15) is 23.0 Å². The summed E-state index contributed by atoms with van der Waals surface area (Å²) in [5, 5.41) is 9.91. The van der Waals surface area contributed by atoms with Crippen molar-refractivity contribution in [3.05, 3.63) is 58.7 Å². The van der Waals surface area contributed by atoms with Crippen LogP contribution in [0.25, 0.3) is 0 Å². The molecule has 0 radical (unpaired) electrons. The fourth-order valence-electron chi connectivity index (χ4n) is 4.13. The van der Waals surface area contributed by atoms with Gasteiger partial charge in [-0.15, -0.1) is 0 Å². The van der Waals surface area contributed by atoms with E-state index in [0.29, 0.717) is 41.8 Å². The van der Waals surface area contributed by atoms with Gasteiger partial charge in [-0.2, -0.15) is 0 Å². The second kappa shape index (κ2) is 8.57. The summed E-state index contributed by atoms with van der Waals surface area (Å²) in [5.41, 5.74) is 3.20. The summed E-state index contributed by atoms with van der Waals surface area (Å²) in [6, 6.07) is 10.0. The first-order valence-electron chi connectivity index (χ1n) is 10.1. The van der Waals surface area contributed by atoms with Gasteiger partial charge in [-0.1, -0.05) is 30.3 Å². The molecule has 9 heteroatoms. The molecule has 2 aromatic rings. The van der Waals surface area contributed by atoms with Crippen LogP contribution in [0.5, 0.6) is 0 Å². The summed E-state index contributed by atoms with van der Waals surface area (Å²) in [6.07, 6.45) is 0.985. The van der Waals surface area contributed by atoms with E-state index in [2.05, 4.69) is 0 Å². The number of cyclic esters (lactones) is 1. The van der Waals surface area contributed by atoms with Crippen molar-refractivity contribution < 1.29 is 32.4 Å². The summed E-state index contributed by atoms with van der Waals surface area (Å²) in [4.78, 5) is 23.7. The summed E-state index contributed by atoms with van der Waals surface area (Å²) in [5.74, 6) is -0.997. The second-order valence-corrected chi connectivity index (χ2v) is 10.1. The molecule has 2 aromatic carbocycles. The molecule has 2 heterocycles. The van der Waals surface area contributed by atoms with Crippen LogP contribution in [-0.2, 0) is 54.0 Å². The Morgan fingerprint density at radius 2 is 1.97 bits per heavy atom. The molecule has 1 N–H and O–H groups in total. The van der Waals surface area contributed by atoms with Crippen molar-refractivity contribution in [2.24, 2.45) is 5.92 Å². The summed E-state index contributed by atoms with van der Waals surface area (Å²) < 4.78 is 36.8. The molecule has 1 saturated heterocycles. The number of hydrogen-bond acceptors (Lipinski definition) is 7. The smallest absolute Gasteiger partial charge is 0.465 e. The van der Waals surface area contributed by atoms with Gasteiger partial charge in [0.25, 0.3) is 0 Å². The molecule has 0 amide bonds. The number of benzene rings is 2. The van der Waals surface area contributed by atoms with Gasteiger partial charge in [-0.3, -0.25) is 9.59 Å². The van der Waals surface area contributed by atoms with E-state index in [0.717, 1.165) is 5.56 Å². The number of rotatable bonds is 7. The van der Waals surface area contributed by atoms with Gasteiger partial charge in [0, 0.05) is 6.42 Å². The fraction of sp³-hybridized carbons (Fsp3) is 0.364. The Balaban J connectivity index is 1.66. The molecule has 2 aliphatic heterocycles. The molecule has 0 bridgehead atoms. The van der Waals surface area contributed by atoms with Crippen LogP contribution in [-0.4, -0.2) is 38.9 Å². The molecule has 0 saturated carbocycles. The van der Waals surface area contributed by atoms with E-state index in [1.165, 1.54) is 13.0 Å². The van der Waals surface area contributed by atoms with Crippen molar-refractivity contribution in [3.8, 4) is 0 Å². The van der Waals surface area contributed by atoms with Crippen LogP contribution in [0.2, 0.25) is 0 Å². The predicted molar refractivity (Wildman–Crippen MR) is 113 cm³/mol. The van der Waals surface area contributed by atoms with Crippen molar-refractivity contribution in [1.82, 2.24) is 0 Å². The third kappa shape index (κ3) is 4.73. The lowest BCUT2D eigenvalue weighted by atomic mass is 9.79. The molecule has 2 aliphatic rings. The molecule has 7 nitrogen and oxygen atoms in total. The molecule has 0 spiro atoms. The highest BCUT2D eigenvalue weighted by Gasteiger charge is 2.31. The maximum atomic E-state index is 13.3. The molecular weight excluding hydrogens is 419 g/mol. The van der Waals surface area contributed by atoms with Crippen molar-refractivity contribution in [1.29, 1.82) is 0 Å². The quantitative estimate of drug-likeness (QED) is 0.506. The lowest BCUT2D eigenvalue weighted by Gasteiger charge is -2.15. The van der Waals surface area contributed by atoms with E-state index in [4.69, 9.17) is 9.39 Å². The van der Waals surface area contributed by atoms with E-state index in [1.807, 2.05) is 0 Å². The zero-order valence-corrected chi connectivity index (χ0v) is 18.0. The molecule has 1 unspecified atom stereocenters. The number of fused-ring (bicyclic) bond motifs is 1. The van der Waals surface area contributed by atoms with Crippen LogP contribution in [0.3, 0.4) is 0 Å². The number of carbonyl (C=O) groups excluding carboxylic acids is 2. The number of carbonyl (C=O) groups is 2.